The Kier molecular flexibility index (Phi) is 4.26. The van der Waals surface area contributed by atoms with E-state index < -0.39 is 6.55 Å². The number of amides is 1. The van der Waals surface area contributed by atoms with Crippen molar-refractivity contribution >= 4 is 11.6 Å². The van der Waals surface area contributed by atoms with Crippen molar-refractivity contribution in [2.45, 2.75) is 39.8 Å². The second kappa shape index (κ2) is 6.22. The van der Waals surface area contributed by atoms with Crippen LogP contribution in [0.4, 0.5) is 14.5 Å². The van der Waals surface area contributed by atoms with Crippen LogP contribution in [0.15, 0.2) is 24.3 Å². The van der Waals surface area contributed by atoms with Gasteiger partial charge in [0.15, 0.2) is 0 Å². The van der Waals surface area contributed by atoms with Crippen LogP contribution in [-0.4, -0.2) is 28.3 Å². The van der Waals surface area contributed by atoms with Crippen molar-refractivity contribution in [3.05, 3.63) is 41.2 Å². The summed E-state index contributed by atoms with van der Waals surface area (Å²) in [5.74, 6) is 0.499. The Labute approximate surface area is 138 Å². The van der Waals surface area contributed by atoms with Gasteiger partial charge in [0.1, 0.15) is 12.4 Å². The van der Waals surface area contributed by atoms with Gasteiger partial charge in [0.05, 0.1) is 23.8 Å². The second-order valence-corrected chi connectivity index (χ2v) is 5.94. The zero-order valence-corrected chi connectivity index (χ0v) is 13.8. The van der Waals surface area contributed by atoms with Gasteiger partial charge < -0.3 is 9.64 Å². The van der Waals surface area contributed by atoms with E-state index in [4.69, 9.17) is 4.74 Å². The fraction of sp³-hybridized carbons (Fsp3) is 0.412. The number of ether oxygens (including phenoxy) is 1. The van der Waals surface area contributed by atoms with E-state index in [0.29, 0.717) is 39.7 Å². The summed E-state index contributed by atoms with van der Waals surface area (Å²) in [6.07, 6.45) is 0.0308. The van der Waals surface area contributed by atoms with Crippen LogP contribution in [0.5, 0.6) is 5.75 Å². The Hall–Kier alpha value is -2.44. The number of anilines is 1. The van der Waals surface area contributed by atoms with Gasteiger partial charge in [-0.05, 0) is 32.9 Å². The largest absolute Gasteiger partial charge is 0.489 e. The molecule has 1 aromatic heterocycles. The first kappa shape index (κ1) is 16.4. The lowest BCUT2D eigenvalue weighted by atomic mass is 10.1. The molecule has 0 saturated carbocycles. The van der Waals surface area contributed by atoms with Gasteiger partial charge in [-0.3, -0.25) is 4.79 Å². The van der Waals surface area contributed by atoms with Crippen LogP contribution >= 0.6 is 0 Å². The first-order chi connectivity index (χ1) is 11.4. The van der Waals surface area contributed by atoms with Gasteiger partial charge in [0.25, 0.3) is 0 Å². The van der Waals surface area contributed by atoms with Crippen molar-refractivity contribution in [3.63, 3.8) is 0 Å². The van der Waals surface area contributed by atoms with Crippen LogP contribution in [0.2, 0.25) is 0 Å². The minimum absolute atomic E-state index is 0.0308. The van der Waals surface area contributed by atoms with Crippen molar-refractivity contribution in [1.82, 2.24) is 9.78 Å². The maximum atomic E-state index is 13.0. The smallest absolute Gasteiger partial charge is 0.333 e. The SMILES string of the molecule is Cc1nn(C(F)F)c(C)c1CC(=O)N1c2ccccc2OC[C@H]1C. The molecule has 1 aliphatic rings. The van der Waals surface area contributed by atoms with Gasteiger partial charge in [-0.1, -0.05) is 12.1 Å². The summed E-state index contributed by atoms with van der Waals surface area (Å²) in [4.78, 5) is 14.5. The van der Waals surface area contributed by atoms with Gasteiger partial charge in [-0.2, -0.15) is 13.9 Å². The fourth-order valence-electron chi connectivity index (χ4n) is 3.06. The maximum absolute atomic E-state index is 13.0. The minimum atomic E-state index is -2.71. The molecule has 1 aromatic carbocycles. The van der Waals surface area contributed by atoms with Crippen molar-refractivity contribution in [2.24, 2.45) is 0 Å². The van der Waals surface area contributed by atoms with E-state index in [1.807, 2.05) is 31.2 Å². The molecule has 3 rings (SSSR count). The number of rotatable bonds is 3. The molecular weight excluding hydrogens is 316 g/mol. The molecule has 0 unspecified atom stereocenters. The lowest BCUT2D eigenvalue weighted by molar-refractivity contribution is -0.118. The Balaban J connectivity index is 1.91. The summed E-state index contributed by atoms with van der Waals surface area (Å²) in [5.41, 5.74) is 2.04. The molecule has 2 heterocycles. The molecule has 0 aliphatic carbocycles. The average molecular weight is 335 g/mol. The Morgan fingerprint density at radius 3 is 2.75 bits per heavy atom. The highest BCUT2D eigenvalue weighted by atomic mass is 19.3. The average Bonchev–Trinajstić information content (AvgIpc) is 2.83. The molecule has 0 radical (unpaired) electrons. The summed E-state index contributed by atoms with van der Waals surface area (Å²) >= 11 is 0. The van der Waals surface area contributed by atoms with E-state index >= 15 is 0 Å². The van der Waals surface area contributed by atoms with E-state index in [0.717, 1.165) is 0 Å². The van der Waals surface area contributed by atoms with Crippen molar-refractivity contribution in [1.29, 1.82) is 0 Å². The fourth-order valence-corrected chi connectivity index (χ4v) is 3.06. The number of fused-ring (bicyclic) bond motifs is 1. The van der Waals surface area contributed by atoms with Crippen LogP contribution in [0, 0.1) is 13.8 Å². The summed E-state index contributed by atoms with van der Waals surface area (Å²) in [6, 6.07) is 7.20. The van der Waals surface area contributed by atoms with E-state index in [1.165, 1.54) is 0 Å². The molecule has 0 N–H and O–H groups in total. The zero-order valence-electron chi connectivity index (χ0n) is 13.8. The highest BCUT2D eigenvalue weighted by Gasteiger charge is 2.30. The molecule has 1 aliphatic heterocycles. The van der Waals surface area contributed by atoms with Gasteiger partial charge in [-0.25, -0.2) is 4.68 Å². The number of hydrogen-bond donors (Lipinski definition) is 0. The Morgan fingerprint density at radius 2 is 2.08 bits per heavy atom. The lowest BCUT2D eigenvalue weighted by Gasteiger charge is -2.35. The summed E-state index contributed by atoms with van der Waals surface area (Å²) in [5, 5.41) is 3.84. The van der Waals surface area contributed by atoms with E-state index in [-0.39, 0.29) is 18.4 Å². The normalized spacial score (nSPS) is 16.9. The van der Waals surface area contributed by atoms with Gasteiger partial charge >= 0.3 is 6.55 Å². The Bertz CT molecular complexity index is 773. The first-order valence-electron chi connectivity index (χ1n) is 7.76. The number of benzene rings is 1. The predicted octanol–water partition coefficient (Wildman–Crippen LogP) is 3.25. The molecular formula is C17H19F2N3O2. The van der Waals surface area contributed by atoms with E-state index in [2.05, 4.69) is 5.10 Å². The molecule has 128 valence electrons. The zero-order chi connectivity index (χ0) is 17.4. The number of hydrogen-bond acceptors (Lipinski definition) is 3. The molecule has 7 heteroatoms. The standard InChI is InChI=1S/C17H19F2N3O2/c1-10-9-24-15-7-5-4-6-14(15)21(10)16(23)8-13-11(2)20-22(12(13)3)17(18)19/h4-7,10,17H,8-9H2,1-3H3/t10-/m1/s1. The lowest BCUT2D eigenvalue weighted by Crippen LogP contribution is -2.45. The first-order valence-corrected chi connectivity index (χ1v) is 7.76. The summed E-state index contributed by atoms with van der Waals surface area (Å²) < 4.78 is 32.2. The predicted molar refractivity (Wildman–Crippen MR) is 85.5 cm³/mol. The number of alkyl halides is 2. The highest BCUT2D eigenvalue weighted by Crippen LogP contribution is 2.34. The Morgan fingerprint density at radius 1 is 1.38 bits per heavy atom. The quantitative estimate of drug-likeness (QED) is 0.865. The minimum Gasteiger partial charge on any atom is -0.489 e. The molecule has 0 saturated heterocycles. The third-order valence-corrected chi connectivity index (χ3v) is 4.30. The molecule has 2 aromatic rings. The number of aryl methyl sites for hydroxylation is 1. The molecule has 0 bridgehead atoms. The molecule has 0 spiro atoms. The number of carbonyl (C=O) groups is 1. The molecule has 0 fully saturated rings. The second-order valence-electron chi connectivity index (χ2n) is 5.94. The van der Waals surface area contributed by atoms with Crippen LogP contribution in [0.3, 0.4) is 0 Å². The van der Waals surface area contributed by atoms with Crippen LogP contribution in [0.1, 0.15) is 30.4 Å². The topological polar surface area (TPSA) is 47.4 Å². The van der Waals surface area contributed by atoms with E-state index in [1.54, 1.807) is 18.7 Å². The number of aromatic nitrogens is 2. The van der Waals surface area contributed by atoms with Crippen molar-refractivity contribution < 1.29 is 18.3 Å². The number of halogens is 2. The third-order valence-electron chi connectivity index (χ3n) is 4.30. The number of carbonyl (C=O) groups excluding carboxylic acids is 1. The number of para-hydroxylation sites is 2. The van der Waals surface area contributed by atoms with Crippen molar-refractivity contribution in [2.75, 3.05) is 11.5 Å². The summed E-state index contributed by atoms with van der Waals surface area (Å²) in [6.45, 7) is 2.79. The van der Waals surface area contributed by atoms with Gasteiger partial charge in [0.2, 0.25) is 5.91 Å². The van der Waals surface area contributed by atoms with Crippen LogP contribution < -0.4 is 9.64 Å². The van der Waals surface area contributed by atoms with E-state index in [9.17, 15) is 13.6 Å². The maximum Gasteiger partial charge on any atom is 0.333 e. The molecule has 24 heavy (non-hydrogen) atoms. The van der Waals surface area contributed by atoms with Crippen molar-refractivity contribution in [3.8, 4) is 5.75 Å². The third kappa shape index (κ3) is 2.74. The van der Waals surface area contributed by atoms with Crippen LogP contribution in [0.25, 0.3) is 0 Å². The molecule has 1 amide bonds. The molecule has 1 atom stereocenters. The number of nitrogens with zero attached hydrogens (tertiary/aromatic N) is 3. The highest BCUT2D eigenvalue weighted by molar-refractivity contribution is 5.97. The van der Waals surface area contributed by atoms with Gasteiger partial charge in [0, 0.05) is 11.3 Å². The summed E-state index contributed by atoms with van der Waals surface area (Å²) in [7, 11) is 0. The van der Waals surface area contributed by atoms with Crippen LogP contribution in [-0.2, 0) is 11.2 Å². The van der Waals surface area contributed by atoms with Gasteiger partial charge in [-0.15, -0.1) is 0 Å². The monoisotopic (exact) mass is 335 g/mol. The molecule has 5 nitrogen and oxygen atoms in total.